The topological polar surface area (TPSA) is 63.8 Å². The Morgan fingerprint density at radius 1 is 1.38 bits per heavy atom. The minimum Gasteiger partial charge on any atom is -0.339 e. The standard InChI is InChI=1S/C16H22N4O/c1-3-8-18-14-6-4-5-12(14)16-19-15(20-21-16)13-10-17-9-7-11(13)2/h7,9-10,12,14,18H,3-6,8H2,1-2H3. The van der Waals surface area contributed by atoms with Crippen molar-refractivity contribution < 1.29 is 4.52 Å². The van der Waals surface area contributed by atoms with Gasteiger partial charge in [0.25, 0.3) is 0 Å². The molecule has 0 aromatic carbocycles. The van der Waals surface area contributed by atoms with E-state index in [-0.39, 0.29) is 0 Å². The smallest absolute Gasteiger partial charge is 0.231 e. The molecular weight excluding hydrogens is 264 g/mol. The third-order valence-corrected chi connectivity index (χ3v) is 4.21. The summed E-state index contributed by atoms with van der Waals surface area (Å²) >= 11 is 0. The fraction of sp³-hybridized carbons (Fsp3) is 0.562. The van der Waals surface area contributed by atoms with Crippen LogP contribution < -0.4 is 5.32 Å². The van der Waals surface area contributed by atoms with E-state index in [2.05, 4.69) is 27.4 Å². The van der Waals surface area contributed by atoms with Crippen LogP contribution in [0, 0.1) is 6.92 Å². The minimum absolute atomic E-state index is 0.342. The molecule has 2 unspecified atom stereocenters. The van der Waals surface area contributed by atoms with E-state index in [1.54, 1.807) is 12.4 Å². The summed E-state index contributed by atoms with van der Waals surface area (Å²) in [6, 6.07) is 2.43. The number of aromatic nitrogens is 3. The van der Waals surface area contributed by atoms with Gasteiger partial charge in [0, 0.05) is 24.0 Å². The van der Waals surface area contributed by atoms with Crippen LogP contribution in [0.2, 0.25) is 0 Å². The molecule has 1 fully saturated rings. The predicted molar refractivity (Wildman–Crippen MR) is 80.9 cm³/mol. The van der Waals surface area contributed by atoms with E-state index in [9.17, 15) is 0 Å². The van der Waals surface area contributed by atoms with E-state index < -0.39 is 0 Å². The highest BCUT2D eigenvalue weighted by atomic mass is 16.5. The van der Waals surface area contributed by atoms with Crippen molar-refractivity contribution in [1.82, 2.24) is 20.4 Å². The van der Waals surface area contributed by atoms with Crippen molar-refractivity contribution in [3.8, 4) is 11.4 Å². The molecule has 1 aliphatic carbocycles. The molecule has 1 aliphatic rings. The molecule has 21 heavy (non-hydrogen) atoms. The first-order valence-electron chi connectivity index (χ1n) is 7.77. The molecule has 2 atom stereocenters. The normalized spacial score (nSPS) is 21.8. The van der Waals surface area contributed by atoms with Crippen molar-refractivity contribution in [2.45, 2.75) is 51.5 Å². The lowest BCUT2D eigenvalue weighted by molar-refractivity contribution is 0.330. The molecule has 5 heteroatoms. The number of hydrogen-bond donors (Lipinski definition) is 1. The molecule has 0 aliphatic heterocycles. The van der Waals surface area contributed by atoms with Crippen molar-refractivity contribution in [3.05, 3.63) is 29.9 Å². The Bertz CT molecular complexity index is 595. The molecule has 2 aromatic rings. The van der Waals surface area contributed by atoms with Gasteiger partial charge in [-0.15, -0.1) is 0 Å². The number of hydrogen-bond acceptors (Lipinski definition) is 5. The summed E-state index contributed by atoms with van der Waals surface area (Å²) in [7, 11) is 0. The molecule has 2 heterocycles. The third-order valence-electron chi connectivity index (χ3n) is 4.21. The van der Waals surface area contributed by atoms with Gasteiger partial charge >= 0.3 is 0 Å². The van der Waals surface area contributed by atoms with Gasteiger partial charge in [0.1, 0.15) is 0 Å². The lowest BCUT2D eigenvalue weighted by atomic mass is 10.0. The lowest BCUT2D eigenvalue weighted by Crippen LogP contribution is -2.31. The second kappa shape index (κ2) is 6.35. The zero-order valence-electron chi connectivity index (χ0n) is 12.7. The summed E-state index contributed by atoms with van der Waals surface area (Å²) in [4.78, 5) is 8.77. The Balaban J connectivity index is 1.80. The van der Waals surface area contributed by atoms with E-state index in [0.717, 1.165) is 36.4 Å². The van der Waals surface area contributed by atoms with E-state index in [1.165, 1.54) is 12.8 Å². The van der Waals surface area contributed by atoms with Crippen molar-refractivity contribution in [3.63, 3.8) is 0 Å². The fourth-order valence-corrected chi connectivity index (χ4v) is 3.02. The van der Waals surface area contributed by atoms with Crippen LogP contribution in [0.25, 0.3) is 11.4 Å². The molecule has 0 saturated heterocycles. The van der Waals surface area contributed by atoms with E-state index in [4.69, 9.17) is 4.52 Å². The molecular formula is C16H22N4O. The first-order valence-corrected chi connectivity index (χ1v) is 7.77. The fourth-order valence-electron chi connectivity index (χ4n) is 3.02. The Hall–Kier alpha value is -1.75. The highest BCUT2D eigenvalue weighted by Crippen LogP contribution is 2.34. The quantitative estimate of drug-likeness (QED) is 0.915. The minimum atomic E-state index is 0.342. The number of nitrogens with zero attached hydrogens (tertiary/aromatic N) is 3. The largest absolute Gasteiger partial charge is 0.339 e. The maximum Gasteiger partial charge on any atom is 0.231 e. The molecule has 112 valence electrons. The summed E-state index contributed by atoms with van der Waals surface area (Å²) in [5.74, 6) is 1.76. The molecule has 3 rings (SSSR count). The van der Waals surface area contributed by atoms with Crippen molar-refractivity contribution in [2.24, 2.45) is 0 Å². The average Bonchev–Trinajstić information content (AvgIpc) is 3.14. The van der Waals surface area contributed by atoms with E-state index in [0.29, 0.717) is 17.8 Å². The Morgan fingerprint density at radius 2 is 2.29 bits per heavy atom. The van der Waals surface area contributed by atoms with Crippen LogP contribution in [0.15, 0.2) is 23.0 Å². The van der Waals surface area contributed by atoms with Crippen LogP contribution in [-0.4, -0.2) is 27.7 Å². The van der Waals surface area contributed by atoms with Crippen LogP contribution in [0.4, 0.5) is 0 Å². The van der Waals surface area contributed by atoms with Gasteiger partial charge < -0.3 is 9.84 Å². The summed E-state index contributed by atoms with van der Waals surface area (Å²) in [6.45, 7) is 5.27. The van der Waals surface area contributed by atoms with Gasteiger partial charge in [-0.05, 0) is 44.4 Å². The Kier molecular flexibility index (Phi) is 4.29. The summed E-state index contributed by atoms with van der Waals surface area (Å²) in [5, 5.41) is 7.75. The van der Waals surface area contributed by atoms with Crippen molar-refractivity contribution in [1.29, 1.82) is 0 Å². The third kappa shape index (κ3) is 2.97. The van der Waals surface area contributed by atoms with Gasteiger partial charge in [0.15, 0.2) is 0 Å². The highest BCUT2D eigenvalue weighted by Gasteiger charge is 2.32. The average molecular weight is 286 g/mol. The van der Waals surface area contributed by atoms with Crippen LogP contribution in [0.1, 0.15) is 50.0 Å². The highest BCUT2D eigenvalue weighted by molar-refractivity contribution is 5.57. The first-order chi connectivity index (χ1) is 10.3. The molecule has 5 nitrogen and oxygen atoms in total. The van der Waals surface area contributed by atoms with Gasteiger partial charge in [-0.1, -0.05) is 18.5 Å². The Morgan fingerprint density at radius 3 is 3.10 bits per heavy atom. The van der Waals surface area contributed by atoms with Crippen molar-refractivity contribution >= 4 is 0 Å². The molecule has 0 spiro atoms. The van der Waals surface area contributed by atoms with E-state index >= 15 is 0 Å². The molecule has 2 aromatic heterocycles. The lowest BCUT2D eigenvalue weighted by Gasteiger charge is -2.17. The van der Waals surface area contributed by atoms with Gasteiger partial charge in [-0.2, -0.15) is 4.98 Å². The van der Waals surface area contributed by atoms with Gasteiger partial charge in [0.05, 0.1) is 5.92 Å². The van der Waals surface area contributed by atoms with E-state index in [1.807, 2.05) is 13.0 Å². The molecule has 0 radical (unpaired) electrons. The maximum absolute atomic E-state index is 5.54. The Labute approximate surface area is 125 Å². The zero-order chi connectivity index (χ0) is 14.7. The number of rotatable bonds is 5. The monoisotopic (exact) mass is 286 g/mol. The molecule has 0 amide bonds. The SMILES string of the molecule is CCCNC1CCCC1c1nc(-c2cnccc2C)no1. The number of pyridine rings is 1. The van der Waals surface area contributed by atoms with Crippen molar-refractivity contribution in [2.75, 3.05) is 6.54 Å². The summed E-state index contributed by atoms with van der Waals surface area (Å²) < 4.78 is 5.54. The van der Waals surface area contributed by atoms with Crippen LogP contribution >= 0.6 is 0 Å². The van der Waals surface area contributed by atoms with Gasteiger partial charge in [-0.3, -0.25) is 4.98 Å². The van der Waals surface area contributed by atoms with Gasteiger partial charge in [-0.25, -0.2) is 0 Å². The maximum atomic E-state index is 5.54. The molecule has 1 saturated carbocycles. The zero-order valence-corrected chi connectivity index (χ0v) is 12.7. The molecule has 1 N–H and O–H groups in total. The summed E-state index contributed by atoms with van der Waals surface area (Å²) in [6.07, 6.45) is 8.25. The van der Waals surface area contributed by atoms with Crippen LogP contribution in [0.5, 0.6) is 0 Å². The first kappa shape index (κ1) is 14.2. The second-order valence-electron chi connectivity index (χ2n) is 5.74. The predicted octanol–water partition coefficient (Wildman–Crippen LogP) is 3.08. The summed E-state index contributed by atoms with van der Waals surface area (Å²) in [5.41, 5.74) is 2.06. The second-order valence-corrected chi connectivity index (χ2v) is 5.74. The number of aryl methyl sites for hydroxylation is 1. The van der Waals surface area contributed by atoms with Gasteiger partial charge in [0.2, 0.25) is 11.7 Å². The number of nitrogens with one attached hydrogen (secondary N) is 1. The van der Waals surface area contributed by atoms with Crippen LogP contribution in [-0.2, 0) is 0 Å². The van der Waals surface area contributed by atoms with Crippen LogP contribution in [0.3, 0.4) is 0 Å². The molecule has 0 bridgehead atoms.